The van der Waals surface area contributed by atoms with Crippen molar-refractivity contribution in [3.63, 3.8) is 0 Å². The van der Waals surface area contributed by atoms with E-state index < -0.39 is 18.3 Å². The molecule has 2 rings (SSSR count). The Balaban J connectivity index is 2.25. The highest BCUT2D eigenvalue weighted by Crippen LogP contribution is 2.25. The number of hydrogen-bond acceptors (Lipinski definition) is 3. The van der Waals surface area contributed by atoms with Crippen LogP contribution in [-0.4, -0.2) is 28.5 Å². The monoisotopic (exact) mass is 272 g/mol. The first-order chi connectivity index (χ1) is 9.21. The Bertz CT molecular complexity index is 602. The molecule has 2 aromatic carbocycles. The zero-order chi connectivity index (χ0) is 15.0. The molecule has 2 N–H and O–H groups in total. The van der Waals surface area contributed by atoms with Crippen molar-refractivity contribution < 1.29 is 14.8 Å². The number of benzene rings is 2. The van der Waals surface area contributed by atoms with Gasteiger partial charge in [0.05, 0.1) is 11.2 Å². The van der Waals surface area contributed by atoms with Gasteiger partial charge in [0.1, 0.15) is 0 Å². The molecule has 0 fully saturated rings. The zero-order valence-corrected chi connectivity index (χ0v) is 12.4. The van der Waals surface area contributed by atoms with Crippen LogP contribution >= 0.6 is 0 Å². The first kappa shape index (κ1) is 15.0. The first-order valence-electron chi connectivity index (χ1n) is 6.78. The van der Waals surface area contributed by atoms with Crippen molar-refractivity contribution in [3.8, 4) is 0 Å². The van der Waals surface area contributed by atoms with E-state index in [-0.39, 0.29) is 0 Å². The van der Waals surface area contributed by atoms with Crippen LogP contribution in [0.3, 0.4) is 0 Å². The molecule has 2 aromatic rings. The standard InChI is InChI=1S/C16H21BO3/c1-15(2,18)16(3,4)20-17(19)14-10-9-12-7-5-6-8-13(12)11-14/h5-11,18-19H,1-4H3. The summed E-state index contributed by atoms with van der Waals surface area (Å²) >= 11 is 0. The van der Waals surface area contributed by atoms with Crippen molar-refractivity contribution in [3.05, 3.63) is 42.5 Å². The van der Waals surface area contributed by atoms with E-state index in [9.17, 15) is 10.1 Å². The summed E-state index contributed by atoms with van der Waals surface area (Å²) in [5, 5.41) is 22.5. The number of fused-ring (bicyclic) bond motifs is 1. The molecular weight excluding hydrogens is 251 g/mol. The molecule has 0 saturated heterocycles. The van der Waals surface area contributed by atoms with Gasteiger partial charge in [0.15, 0.2) is 0 Å². The van der Waals surface area contributed by atoms with E-state index in [0.717, 1.165) is 10.8 Å². The zero-order valence-electron chi connectivity index (χ0n) is 12.4. The maximum absolute atomic E-state index is 10.2. The number of hydrogen-bond donors (Lipinski definition) is 2. The summed E-state index contributed by atoms with van der Waals surface area (Å²) < 4.78 is 5.64. The number of aliphatic hydroxyl groups is 1. The molecule has 0 unspecified atom stereocenters. The molecule has 0 saturated carbocycles. The van der Waals surface area contributed by atoms with Gasteiger partial charge < -0.3 is 14.8 Å². The van der Waals surface area contributed by atoms with E-state index >= 15 is 0 Å². The average molecular weight is 272 g/mol. The fourth-order valence-corrected chi connectivity index (χ4v) is 1.85. The Morgan fingerprint density at radius 1 is 0.950 bits per heavy atom. The Hall–Kier alpha value is -1.36. The maximum Gasteiger partial charge on any atom is 0.491 e. The van der Waals surface area contributed by atoms with Gasteiger partial charge in [-0.1, -0.05) is 42.5 Å². The van der Waals surface area contributed by atoms with Crippen LogP contribution in [-0.2, 0) is 4.65 Å². The Morgan fingerprint density at radius 2 is 1.55 bits per heavy atom. The van der Waals surface area contributed by atoms with Crippen LogP contribution in [0.15, 0.2) is 42.5 Å². The lowest BCUT2D eigenvalue weighted by Crippen LogP contribution is -2.53. The summed E-state index contributed by atoms with van der Waals surface area (Å²) in [6.07, 6.45) is 0. The van der Waals surface area contributed by atoms with Gasteiger partial charge in [-0.05, 0) is 43.9 Å². The summed E-state index contributed by atoms with van der Waals surface area (Å²) in [6, 6.07) is 13.6. The molecule has 0 aliphatic rings. The van der Waals surface area contributed by atoms with E-state index in [1.807, 2.05) is 42.5 Å². The fourth-order valence-electron chi connectivity index (χ4n) is 1.85. The lowest BCUT2D eigenvalue weighted by atomic mass is 9.76. The van der Waals surface area contributed by atoms with Gasteiger partial charge in [-0.15, -0.1) is 0 Å². The third-order valence-electron chi connectivity index (χ3n) is 3.94. The second kappa shape index (κ2) is 5.21. The molecule has 0 aliphatic heterocycles. The molecule has 0 heterocycles. The van der Waals surface area contributed by atoms with Crippen molar-refractivity contribution >= 4 is 23.4 Å². The quantitative estimate of drug-likeness (QED) is 0.838. The van der Waals surface area contributed by atoms with Crippen molar-refractivity contribution in [2.75, 3.05) is 0 Å². The predicted octanol–water partition coefficient (Wildman–Crippen LogP) is 2.09. The molecule has 0 radical (unpaired) electrons. The molecular formula is C16H21BO3. The van der Waals surface area contributed by atoms with Gasteiger partial charge in [0.25, 0.3) is 0 Å². The minimum absolute atomic E-state index is 0.682. The molecule has 106 valence electrons. The minimum atomic E-state index is -1.07. The SMILES string of the molecule is CC(C)(O)C(C)(C)OB(O)c1ccc2ccccc2c1. The molecule has 4 heteroatoms. The Kier molecular flexibility index (Phi) is 3.92. The summed E-state index contributed by atoms with van der Waals surface area (Å²) in [7, 11) is -1.07. The van der Waals surface area contributed by atoms with Gasteiger partial charge in [-0.25, -0.2) is 0 Å². The van der Waals surface area contributed by atoms with Crippen molar-refractivity contribution in [1.29, 1.82) is 0 Å². The van der Waals surface area contributed by atoms with Gasteiger partial charge in [0.2, 0.25) is 0 Å². The second-order valence-corrected chi connectivity index (χ2v) is 6.15. The van der Waals surface area contributed by atoms with E-state index in [0.29, 0.717) is 5.46 Å². The molecule has 0 amide bonds. The van der Waals surface area contributed by atoms with Crippen LogP contribution in [0.2, 0.25) is 0 Å². The highest BCUT2D eigenvalue weighted by atomic mass is 16.5. The summed E-state index contributed by atoms with van der Waals surface area (Å²) in [4.78, 5) is 0. The van der Waals surface area contributed by atoms with Gasteiger partial charge >= 0.3 is 7.12 Å². The van der Waals surface area contributed by atoms with Crippen LogP contribution in [0.1, 0.15) is 27.7 Å². The summed E-state index contributed by atoms with van der Waals surface area (Å²) in [5.74, 6) is 0. The average Bonchev–Trinajstić information content (AvgIpc) is 2.36. The molecule has 20 heavy (non-hydrogen) atoms. The highest BCUT2D eigenvalue weighted by Gasteiger charge is 2.39. The van der Waals surface area contributed by atoms with Crippen LogP contribution in [0.25, 0.3) is 10.8 Å². The molecule has 0 aliphatic carbocycles. The maximum atomic E-state index is 10.2. The molecule has 0 bridgehead atoms. The third-order valence-corrected chi connectivity index (χ3v) is 3.94. The van der Waals surface area contributed by atoms with Crippen LogP contribution in [0.4, 0.5) is 0 Å². The van der Waals surface area contributed by atoms with Gasteiger partial charge in [0, 0.05) is 0 Å². The van der Waals surface area contributed by atoms with Gasteiger partial charge in [-0.2, -0.15) is 0 Å². The van der Waals surface area contributed by atoms with Crippen molar-refractivity contribution in [1.82, 2.24) is 0 Å². The Morgan fingerprint density at radius 3 is 2.15 bits per heavy atom. The lowest BCUT2D eigenvalue weighted by Gasteiger charge is -2.38. The number of rotatable bonds is 4. The molecule has 0 aromatic heterocycles. The highest BCUT2D eigenvalue weighted by molar-refractivity contribution is 6.60. The summed E-state index contributed by atoms with van der Waals surface area (Å²) in [5.41, 5.74) is -1.23. The molecule has 0 atom stereocenters. The van der Waals surface area contributed by atoms with Crippen LogP contribution < -0.4 is 5.46 Å². The summed E-state index contributed by atoms with van der Waals surface area (Å²) in [6.45, 7) is 6.86. The van der Waals surface area contributed by atoms with Crippen LogP contribution in [0, 0.1) is 0 Å². The van der Waals surface area contributed by atoms with Crippen LogP contribution in [0.5, 0.6) is 0 Å². The van der Waals surface area contributed by atoms with E-state index in [1.165, 1.54) is 0 Å². The van der Waals surface area contributed by atoms with E-state index in [4.69, 9.17) is 4.65 Å². The smallest absolute Gasteiger partial charge is 0.423 e. The Labute approximate surface area is 120 Å². The molecule has 3 nitrogen and oxygen atoms in total. The fraction of sp³-hybridized carbons (Fsp3) is 0.375. The third kappa shape index (κ3) is 3.03. The van der Waals surface area contributed by atoms with E-state index in [1.54, 1.807) is 27.7 Å². The first-order valence-corrected chi connectivity index (χ1v) is 6.78. The topological polar surface area (TPSA) is 49.7 Å². The molecule has 0 spiro atoms. The normalized spacial score (nSPS) is 12.7. The largest absolute Gasteiger partial charge is 0.491 e. The van der Waals surface area contributed by atoms with Crippen molar-refractivity contribution in [2.45, 2.75) is 38.9 Å². The lowest BCUT2D eigenvalue weighted by molar-refractivity contribution is -0.0982. The predicted molar refractivity (Wildman–Crippen MR) is 83.0 cm³/mol. The van der Waals surface area contributed by atoms with Gasteiger partial charge in [-0.3, -0.25) is 0 Å². The van der Waals surface area contributed by atoms with E-state index in [2.05, 4.69) is 0 Å². The second-order valence-electron chi connectivity index (χ2n) is 6.15. The van der Waals surface area contributed by atoms with Crippen molar-refractivity contribution in [2.24, 2.45) is 0 Å². The minimum Gasteiger partial charge on any atom is -0.423 e.